The zero-order valence-electron chi connectivity index (χ0n) is 12.3. The summed E-state index contributed by atoms with van der Waals surface area (Å²) in [4.78, 5) is 7.20. The van der Waals surface area contributed by atoms with Gasteiger partial charge in [-0.1, -0.05) is 0 Å². The normalized spacial score (nSPS) is 29.8. The summed E-state index contributed by atoms with van der Waals surface area (Å²) in [7, 11) is 0. The van der Waals surface area contributed by atoms with Crippen LogP contribution in [-0.4, -0.2) is 56.4 Å². The van der Waals surface area contributed by atoms with Crippen LogP contribution in [-0.2, 0) is 4.74 Å². The molecule has 21 heavy (non-hydrogen) atoms. The van der Waals surface area contributed by atoms with Crippen molar-refractivity contribution in [1.82, 2.24) is 20.9 Å². The minimum Gasteiger partial charge on any atom is -0.378 e. The molecule has 0 saturated carbocycles. The molecule has 2 saturated heterocycles. The highest BCUT2D eigenvalue weighted by Gasteiger charge is 2.32. The Morgan fingerprint density at radius 1 is 1.19 bits per heavy atom. The predicted molar refractivity (Wildman–Crippen MR) is 81.6 cm³/mol. The summed E-state index contributed by atoms with van der Waals surface area (Å²) in [6.07, 6.45) is 6.83. The van der Waals surface area contributed by atoms with E-state index in [1.165, 1.54) is 24.1 Å². The van der Waals surface area contributed by atoms with Crippen LogP contribution in [0.2, 0.25) is 0 Å². The molecule has 1 atom stereocenters. The summed E-state index contributed by atoms with van der Waals surface area (Å²) in [5.41, 5.74) is 2.60. The number of hydrogen-bond acceptors (Lipinski definition) is 6. The average molecular weight is 289 g/mol. The first-order valence-corrected chi connectivity index (χ1v) is 7.97. The lowest BCUT2D eigenvalue weighted by Crippen LogP contribution is -2.50. The van der Waals surface area contributed by atoms with Gasteiger partial charge in [-0.2, -0.15) is 0 Å². The van der Waals surface area contributed by atoms with Crippen LogP contribution in [0.1, 0.15) is 12.8 Å². The monoisotopic (exact) mass is 289 g/mol. The number of dihydropyridines is 1. The summed E-state index contributed by atoms with van der Waals surface area (Å²) in [5.74, 6) is 1.64. The first-order chi connectivity index (χ1) is 10.4. The molecule has 1 unspecified atom stereocenters. The van der Waals surface area contributed by atoms with Crippen molar-refractivity contribution in [3.8, 4) is 0 Å². The van der Waals surface area contributed by atoms with Crippen molar-refractivity contribution in [3.05, 3.63) is 23.5 Å². The number of allylic oxidation sites excluding steroid dienone is 2. The summed E-state index contributed by atoms with van der Waals surface area (Å²) in [6.45, 7) is 5.64. The fourth-order valence-corrected chi connectivity index (χ4v) is 3.49. The Hall–Kier alpha value is -1.53. The number of hydrogen-bond donors (Lipinski definition) is 3. The molecule has 4 aliphatic rings. The number of piperidine rings is 1. The SMILES string of the molecule is C1=CC(C2CCNCC2)=C2N=C(N3CCOCC3)NC2N1. The largest absolute Gasteiger partial charge is 0.378 e. The molecule has 0 bridgehead atoms. The molecule has 6 heteroatoms. The van der Waals surface area contributed by atoms with Gasteiger partial charge in [0.2, 0.25) is 5.96 Å². The van der Waals surface area contributed by atoms with E-state index in [4.69, 9.17) is 9.73 Å². The van der Waals surface area contributed by atoms with Gasteiger partial charge in [0.1, 0.15) is 6.17 Å². The summed E-state index contributed by atoms with van der Waals surface area (Å²) >= 11 is 0. The van der Waals surface area contributed by atoms with E-state index in [0.717, 1.165) is 45.4 Å². The Balaban J connectivity index is 1.59. The van der Waals surface area contributed by atoms with E-state index in [2.05, 4.69) is 33.1 Å². The van der Waals surface area contributed by atoms with Gasteiger partial charge in [0.05, 0.1) is 18.9 Å². The molecule has 0 radical (unpaired) electrons. The minimum atomic E-state index is 0.137. The molecule has 0 aromatic rings. The first kappa shape index (κ1) is 13.2. The molecule has 0 aliphatic carbocycles. The molecule has 0 aromatic heterocycles. The Bertz CT molecular complexity index is 486. The van der Waals surface area contributed by atoms with Crippen molar-refractivity contribution in [2.75, 3.05) is 39.4 Å². The van der Waals surface area contributed by atoms with E-state index in [9.17, 15) is 0 Å². The maximum absolute atomic E-state index is 5.42. The second-order valence-corrected chi connectivity index (χ2v) is 5.98. The van der Waals surface area contributed by atoms with Gasteiger partial charge in [-0.25, -0.2) is 4.99 Å². The molecule has 0 spiro atoms. The second-order valence-electron chi connectivity index (χ2n) is 5.98. The Morgan fingerprint density at radius 3 is 2.81 bits per heavy atom. The van der Waals surface area contributed by atoms with E-state index < -0.39 is 0 Å². The molecule has 0 amide bonds. The summed E-state index contributed by atoms with van der Waals surface area (Å²) in [6, 6.07) is 0. The molecule has 3 N–H and O–H groups in total. The minimum absolute atomic E-state index is 0.137. The maximum Gasteiger partial charge on any atom is 0.201 e. The van der Waals surface area contributed by atoms with Gasteiger partial charge >= 0.3 is 0 Å². The van der Waals surface area contributed by atoms with E-state index in [1.54, 1.807) is 0 Å². The van der Waals surface area contributed by atoms with Gasteiger partial charge in [0, 0.05) is 13.1 Å². The number of fused-ring (bicyclic) bond motifs is 1. The van der Waals surface area contributed by atoms with Crippen LogP contribution in [0.15, 0.2) is 28.5 Å². The van der Waals surface area contributed by atoms with Gasteiger partial charge in [-0.3, -0.25) is 0 Å². The van der Waals surface area contributed by atoms with Crippen molar-refractivity contribution in [2.24, 2.45) is 10.9 Å². The van der Waals surface area contributed by atoms with Crippen molar-refractivity contribution in [1.29, 1.82) is 0 Å². The van der Waals surface area contributed by atoms with Crippen LogP contribution >= 0.6 is 0 Å². The topological polar surface area (TPSA) is 60.9 Å². The van der Waals surface area contributed by atoms with Gasteiger partial charge < -0.3 is 25.6 Å². The summed E-state index contributed by atoms with van der Waals surface area (Å²) in [5, 5.41) is 10.3. The lowest BCUT2D eigenvalue weighted by molar-refractivity contribution is 0.0667. The zero-order chi connectivity index (χ0) is 14.1. The Morgan fingerprint density at radius 2 is 2.00 bits per heavy atom. The summed E-state index contributed by atoms with van der Waals surface area (Å²) < 4.78 is 5.42. The standard InChI is InChI=1S/C15H23N5O/c1-4-16-5-2-11(1)12-3-6-17-14-13(12)18-15(19-14)20-7-9-21-10-8-20/h3,6,11,14,16-17H,1-2,4-5,7-10H2,(H,18,19). The fraction of sp³-hybridized carbons (Fsp3) is 0.667. The van der Waals surface area contributed by atoms with Crippen LogP contribution in [0.4, 0.5) is 0 Å². The molecular weight excluding hydrogens is 266 g/mol. The van der Waals surface area contributed by atoms with Crippen LogP contribution in [0.25, 0.3) is 0 Å². The lowest BCUT2D eigenvalue weighted by Gasteiger charge is -2.29. The third kappa shape index (κ3) is 2.53. The molecule has 2 fully saturated rings. The lowest BCUT2D eigenvalue weighted by atomic mass is 9.87. The van der Waals surface area contributed by atoms with E-state index in [1.807, 2.05) is 0 Å². The number of ether oxygens (including phenoxy) is 1. The molecule has 6 nitrogen and oxygen atoms in total. The van der Waals surface area contributed by atoms with Crippen molar-refractivity contribution in [2.45, 2.75) is 19.0 Å². The third-order valence-electron chi connectivity index (χ3n) is 4.68. The maximum atomic E-state index is 5.42. The molecule has 114 valence electrons. The molecule has 4 rings (SSSR count). The van der Waals surface area contributed by atoms with Gasteiger partial charge in [0.15, 0.2) is 0 Å². The number of nitrogens with zero attached hydrogens (tertiary/aromatic N) is 2. The number of morpholine rings is 1. The number of guanidine groups is 1. The van der Waals surface area contributed by atoms with E-state index in [-0.39, 0.29) is 6.17 Å². The molecule has 4 aliphatic heterocycles. The number of nitrogens with one attached hydrogen (secondary N) is 3. The average Bonchev–Trinajstić information content (AvgIpc) is 3.00. The van der Waals surface area contributed by atoms with Crippen molar-refractivity contribution in [3.63, 3.8) is 0 Å². The van der Waals surface area contributed by atoms with Crippen molar-refractivity contribution >= 4 is 5.96 Å². The van der Waals surface area contributed by atoms with Gasteiger partial charge in [-0.05, 0) is 49.7 Å². The van der Waals surface area contributed by atoms with E-state index in [0.29, 0.717) is 5.92 Å². The highest BCUT2D eigenvalue weighted by atomic mass is 16.5. The molecule has 0 aromatic carbocycles. The number of rotatable bonds is 1. The Labute approximate surface area is 125 Å². The smallest absolute Gasteiger partial charge is 0.201 e. The predicted octanol–water partition coefficient (Wildman–Crippen LogP) is -0.0255. The fourth-order valence-electron chi connectivity index (χ4n) is 3.49. The second kappa shape index (κ2) is 5.69. The molecular formula is C15H23N5O. The van der Waals surface area contributed by atoms with Crippen LogP contribution in [0.3, 0.4) is 0 Å². The first-order valence-electron chi connectivity index (χ1n) is 7.97. The van der Waals surface area contributed by atoms with Crippen LogP contribution in [0, 0.1) is 5.92 Å². The van der Waals surface area contributed by atoms with Crippen LogP contribution in [0.5, 0.6) is 0 Å². The van der Waals surface area contributed by atoms with Gasteiger partial charge in [0.25, 0.3) is 0 Å². The highest BCUT2D eigenvalue weighted by molar-refractivity contribution is 5.84. The van der Waals surface area contributed by atoms with Crippen LogP contribution < -0.4 is 16.0 Å². The molecule has 4 heterocycles. The quantitative estimate of drug-likeness (QED) is 0.633. The third-order valence-corrected chi connectivity index (χ3v) is 4.68. The zero-order valence-corrected chi connectivity index (χ0v) is 12.3. The van der Waals surface area contributed by atoms with Gasteiger partial charge in [-0.15, -0.1) is 0 Å². The Kier molecular flexibility index (Phi) is 3.57. The number of aliphatic imine (C=N–C) groups is 1. The van der Waals surface area contributed by atoms with E-state index >= 15 is 0 Å². The van der Waals surface area contributed by atoms with Crippen molar-refractivity contribution < 1.29 is 4.74 Å². The highest BCUT2D eigenvalue weighted by Crippen LogP contribution is 2.30.